The van der Waals surface area contributed by atoms with Gasteiger partial charge in [0.2, 0.25) is 5.91 Å². The van der Waals surface area contributed by atoms with Crippen LogP contribution >= 0.6 is 0 Å². The number of rotatable bonds is 10. The molecule has 30 heavy (non-hydrogen) atoms. The summed E-state index contributed by atoms with van der Waals surface area (Å²) in [6.45, 7) is 2.03. The van der Waals surface area contributed by atoms with Crippen LogP contribution in [0.5, 0.6) is 11.5 Å². The molecular weight excluding hydrogens is 380 g/mol. The number of hydrogen-bond acceptors (Lipinski definition) is 5. The molecule has 0 aliphatic carbocycles. The smallest absolute Gasteiger partial charge is 0.220 e. The van der Waals surface area contributed by atoms with Crippen molar-refractivity contribution in [2.24, 2.45) is 0 Å². The summed E-state index contributed by atoms with van der Waals surface area (Å²) in [7, 11) is 3.20. The molecule has 3 aromatic rings. The number of amides is 1. The van der Waals surface area contributed by atoms with Gasteiger partial charge >= 0.3 is 0 Å². The van der Waals surface area contributed by atoms with E-state index < -0.39 is 0 Å². The minimum atomic E-state index is -0.00246. The highest BCUT2D eigenvalue weighted by atomic mass is 16.5. The first kappa shape index (κ1) is 21.4. The molecule has 1 atom stereocenters. The molecule has 0 unspecified atom stereocenters. The molecule has 0 bridgehead atoms. The lowest BCUT2D eigenvalue weighted by Crippen LogP contribution is -2.33. The zero-order valence-electron chi connectivity index (χ0n) is 17.7. The zero-order valence-corrected chi connectivity index (χ0v) is 17.7. The van der Waals surface area contributed by atoms with Crippen molar-refractivity contribution in [1.29, 1.82) is 0 Å². The van der Waals surface area contributed by atoms with E-state index in [0.717, 1.165) is 18.4 Å². The zero-order chi connectivity index (χ0) is 21.3. The molecule has 6 heteroatoms. The SMILES string of the molecule is COc1ccc(-c2cnc(CCC(=O)N[C@H](C)CCc3ccccc3)o2)c(OC)c1. The number of aromatic nitrogens is 1. The largest absolute Gasteiger partial charge is 0.497 e. The van der Waals surface area contributed by atoms with Gasteiger partial charge in [-0.1, -0.05) is 30.3 Å². The molecule has 0 radical (unpaired) electrons. The quantitative estimate of drug-likeness (QED) is 0.537. The van der Waals surface area contributed by atoms with Gasteiger partial charge in [0.1, 0.15) is 11.5 Å². The van der Waals surface area contributed by atoms with Crippen molar-refractivity contribution in [1.82, 2.24) is 10.3 Å². The highest BCUT2D eigenvalue weighted by Crippen LogP contribution is 2.33. The predicted molar refractivity (Wildman–Crippen MR) is 116 cm³/mol. The van der Waals surface area contributed by atoms with Crippen molar-refractivity contribution in [3.63, 3.8) is 0 Å². The van der Waals surface area contributed by atoms with Crippen molar-refractivity contribution in [2.75, 3.05) is 14.2 Å². The Balaban J connectivity index is 1.49. The number of nitrogens with one attached hydrogen (secondary N) is 1. The van der Waals surface area contributed by atoms with Crippen LogP contribution in [-0.2, 0) is 17.6 Å². The van der Waals surface area contributed by atoms with Gasteiger partial charge < -0.3 is 19.2 Å². The maximum absolute atomic E-state index is 12.3. The van der Waals surface area contributed by atoms with Crippen LogP contribution in [0.15, 0.2) is 59.1 Å². The number of methoxy groups -OCH3 is 2. The van der Waals surface area contributed by atoms with Crippen molar-refractivity contribution >= 4 is 5.91 Å². The molecule has 0 spiro atoms. The van der Waals surface area contributed by atoms with Gasteiger partial charge in [0.15, 0.2) is 11.7 Å². The fraction of sp³-hybridized carbons (Fsp3) is 0.333. The van der Waals surface area contributed by atoms with Crippen molar-refractivity contribution < 1.29 is 18.7 Å². The summed E-state index contributed by atoms with van der Waals surface area (Å²) in [5, 5.41) is 3.05. The Labute approximate surface area is 177 Å². The second kappa shape index (κ2) is 10.5. The molecule has 0 saturated heterocycles. The van der Waals surface area contributed by atoms with Crippen LogP contribution in [0, 0.1) is 0 Å². The molecule has 1 heterocycles. The summed E-state index contributed by atoms with van der Waals surface area (Å²) < 4.78 is 16.5. The lowest BCUT2D eigenvalue weighted by Gasteiger charge is -2.13. The maximum atomic E-state index is 12.3. The summed E-state index contributed by atoms with van der Waals surface area (Å²) in [5.74, 6) is 2.46. The lowest BCUT2D eigenvalue weighted by molar-refractivity contribution is -0.121. The van der Waals surface area contributed by atoms with E-state index in [1.807, 2.05) is 37.3 Å². The van der Waals surface area contributed by atoms with E-state index in [2.05, 4.69) is 22.4 Å². The van der Waals surface area contributed by atoms with Gasteiger partial charge in [0.05, 0.1) is 26.0 Å². The fourth-order valence-corrected chi connectivity index (χ4v) is 3.22. The monoisotopic (exact) mass is 408 g/mol. The number of benzene rings is 2. The molecule has 0 fully saturated rings. The van der Waals surface area contributed by atoms with E-state index in [4.69, 9.17) is 13.9 Å². The summed E-state index contributed by atoms with van der Waals surface area (Å²) in [5.41, 5.74) is 2.07. The van der Waals surface area contributed by atoms with Crippen LogP contribution in [0.1, 0.15) is 31.2 Å². The van der Waals surface area contributed by atoms with Gasteiger partial charge in [-0.3, -0.25) is 4.79 Å². The van der Waals surface area contributed by atoms with Crippen molar-refractivity contribution in [2.45, 2.75) is 38.6 Å². The Morgan fingerprint density at radius 1 is 1.10 bits per heavy atom. The second-order valence-electron chi connectivity index (χ2n) is 7.18. The minimum absolute atomic E-state index is 0.00246. The average Bonchev–Trinajstić information content (AvgIpc) is 3.25. The summed E-state index contributed by atoms with van der Waals surface area (Å²) in [6.07, 6.45) is 4.26. The number of ether oxygens (including phenoxy) is 2. The molecule has 0 saturated carbocycles. The first-order chi connectivity index (χ1) is 14.6. The van der Waals surface area contributed by atoms with Gasteiger partial charge in [-0.25, -0.2) is 4.98 Å². The highest BCUT2D eigenvalue weighted by Gasteiger charge is 2.14. The molecule has 1 N–H and O–H groups in total. The number of aryl methyl sites for hydroxylation is 2. The lowest BCUT2D eigenvalue weighted by atomic mass is 10.1. The Morgan fingerprint density at radius 3 is 2.63 bits per heavy atom. The Hall–Kier alpha value is -3.28. The number of oxazole rings is 1. The predicted octanol–water partition coefficient (Wildman–Crippen LogP) is 4.43. The maximum Gasteiger partial charge on any atom is 0.220 e. The molecule has 2 aromatic carbocycles. The average molecular weight is 408 g/mol. The van der Waals surface area contributed by atoms with Crippen molar-refractivity contribution in [3.05, 3.63) is 66.2 Å². The van der Waals surface area contributed by atoms with E-state index >= 15 is 0 Å². The van der Waals surface area contributed by atoms with Gasteiger partial charge in [-0.05, 0) is 37.5 Å². The molecular formula is C24H28N2O4. The summed E-state index contributed by atoms with van der Waals surface area (Å²) >= 11 is 0. The van der Waals surface area contributed by atoms with E-state index in [1.165, 1.54) is 5.56 Å². The minimum Gasteiger partial charge on any atom is -0.497 e. The number of carbonyl (C=O) groups is 1. The third-order valence-corrected chi connectivity index (χ3v) is 4.91. The summed E-state index contributed by atoms with van der Waals surface area (Å²) in [6, 6.07) is 15.9. The topological polar surface area (TPSA) is 73.6 Å². The second-order valence-corrected chi connectivity index (χ2v) is 7.18. The number of carbonyl (C=O) groups excluding carboxylic acids is 1. The number of nitrogens with zero attached hydrogens (tertiary/aromatic N) is 1. The molecule has 3 rings (SSSR count). The first-order valence-electron chi connectivity index (χ1n) is 10.1. The van der Waals surface area contributed by atoms with Gasteiger partial charge in [-0.2, -0.15) is 0 Å². The Kier molecular flexibility index (Phi) is 7.49. The fourth-order valence-electron chi connectivity index (χ4n) is 3.22. The van der Waals surface area contributed by atoms with Crippen LogP contribution in [0.2, 0.25) is 0 Å². The molecule has 1 amide bonds. The standard InChI is InChI=1S/C24H28N2O4/c1-17(9-10-18-7-5-4-6-8-18)26-23(27)13-14-24-25-16-22(30-24)20-12-11-19(28-2)15-21(20)29-3/h4-8,11-12,15-17H,9-10,13-14H2,1-3H3,(H,26,27)/t17-/m1/s1. The molecule has 0 aliphatic rings. The van der Waals surface area contributed by atoms with E-state index in [0.29, 0.717) is 36.0 Å². The Bertz CT molecular complexity index is 953. The molecule has 0 aliphatic heterocycles. The third kappa shape index (κ3) is 5.86. The van der Waals surface area contributed by atoms with Gasteiger partial charge in [0, 0.05) is 24.9 Å². The van der Waals surface area contributed by atoms with E-state index in [1.54, 1.807) is 26.5 Å². The van der Waals surface area contributed by atoms with Crippen molar-refractivity contribution in [3.8, 4) is 22.8 Å². The Morgan fingerprint density at radius 2 is 1.90 bits per heavy atom. The number of hydrogen-bond donors (Lipinski definition) is 1. The van der Waals surface area contributed by atoms with Gasteiger partial charge in [-0.15, -0.1) is 0 Å². The van der Waals surface area contributed by atoms with Crippen LogP contribution in [0.4, 0.5) is 0 Å². The molecule has 6 nitrogen and oxygen atoms in total. The van der Waals surface area contributed by atoms with E-state index in [9.17, 15) is 4.79 Å². The first-order valence-corrected chi connectivity index (χ1v) is 10.1. The van der Waals surface area contributed by atoms with Crippen LogP contribution in [0.25, 0.3) is 11.3 Å². The normalized spacial score (nSPS) is 11.7. The van der Waals surface area contributed by atoms with E-state index in [-0.39, 0.29) is 11.9 Å². The molecule has 158 valence electrons. The molecule has 1 aromatic heterocycles. The van der Waals surface area contributed by atoms with Crippen LogP contribution in [0.3, 0.4) is 0 Å². The van der Waals surface area contributed by atoms with Crippen LogP contribution in [-0.4, -0.2) is 31.2 Å². The van der Waals surface area contributed by atoms with Crippen LogP contribution < -0.4 is 14.8 Å². The highest BCUT2D eigenvalue weighted by molar-refractivity contribution is 5.76. The third-order valence-electron chi connectivity index (χ3n) is 4.91. The van der Waals surface area contributed by atoms with Gasteiger partial charge in [0.25, 0.3) is 0 Å². The summed E-state index contributed by atoms with van der Waals surface area (Å²) in [4.78, 5) is 16.6.